The van der Waals surface area contributed by atoms with E-state index in [0.29, 0.717) is 19.3 Å². The second-order valence-electron chi connectivity index (χ2n) is 18.5. The molecule has 0 aromatic rings. The zero-order valence-corrected chi connectivity index (χ0v) is 43.4. The number of hydrogen-bond donors (Lipinski definition) is 0. The summed E-state index contributed by atoms with van der Waals surface area (Å²) in [5.41, 5.74) is 0. The molecule has 0 amide bonds. The van der Waals surface area contributed by atoms with Crippen molar-refractivity contribution in [3.63, 3.8) is 0 Å². The van der Waals surface area contributed by atoms with Crippen molar-refractivity contribution < 1.29 is 28.6 Å². The van der Waals surface area contributed by atoms with Gasteiger partial charge in [0.1, 0.15) is 13.2 Å². The largest absolute Gasteiger partial charge is 0.462 e. The van der Waals surface area contributed by atoms with Crippen LogP contribution >= 0.6 is 0 Å². The molecule has 0 aliphatic heterocycles. The van der Waals surface area contributed by atoms with Gasteiger partial charge in [-0.15, -0.1) is 0 Å². The first-order valence-electron chi connectivity index (χ1n) is 27.9. The maximum Gasteiger partial charge on any atom is 0.306 e. The van der Waals surface area contributed by atoms with Gasteiger partial charge >= 0.3 is 17.9 Å². The third-order valence-electron chi connectivity index (χ3n) is 12.0. The fourth-order valence-electron chi connectivity index (χ4n) is 7.82. The molecule has 0 aliphatic rings. The van der Waals surface area contributed by atoms with Gasteiger partial charge in [0, 0.05) is 19.3 Å². The van der Waals surface area contributed by atoms with Gasteiger partial charge in [0.2, 0.25) is 0 Å². The van der Waals surface area contributed by atoms with Crippen LogP contribution in [0, 0.1) is 0 Å². The van der Waals surface area contributed by atoms with Crippen LogP contribution < -0.4 is 0 Å². The number of carbonyl (C=O) groups excluding carboxylic acids is 3. The maximum atomic E-state index is 12.8. The van der Waals surface area contributed by atoms with Crippen LogP contribution in [0.2, 0.25) is 0 Å². The summed E-state index contributed by atoms with van der Waals surface area (Å²) in [6.07, 6.45) is 69.1. The fourth-order valence-corrected chi connectivity index (χ4v) is 7.82. The fraction of sp³-hybridized carbons (Fsp3) is 0.750. The van der Waals surface area contributed by atoms with Crippen molar-refractivity contribution in [1.29, 1.82) is 0 Å². The Bertz CT molecular complexity index is 1240. The summed E-state index contributed by atoms with van der Waals surface area (Å²) in [7, 11) is 0. The van der Waals surface area contributed by atoms with Gasteiger partial charge in [-0.05, 0) is 57.8 Å². The quantitative estimate of drug-likeness (QED) is 0.0262. The highest BCUT2D eigenvalue weighted by molar-refractivity contribution is 5.71. The Morgan fingerprint density at radius 2 is 0.591 bits per heavy atom. The standard InChI is InChI=1S/C60H104O6/c1-4-7-10-13-16-19-22-24-26-28-30-32-34-36-38-41-44-47-50-53-59(62)65-56-57(55-64-58(61)52-49-46-43-40-21-18-15-12-9-6-3)66-60(63)54-51-48-45-42-39-37-35-33-31-29-27-25-23-20-17-14-11-8-5-2/h7,10,16,19,24,26,30,32,36,38,44,47,57H,4-6,8-9,11-15,17-18,20-23,25,27-29,31,33-35,37,39-43,45-46,48-56H2,1-3H3/b10-7-,19-16-,26-24-,32-30-,38-36-,47-44-. The van der Waals surface area contributed by atoms with Gasteiger partial charge in [-0.1, -0.05) is 267 Å². The molecule has 0 rings (SSSR count). The van der Waals surface area contributed by atoms with Crippen molar-refractivity contribution in [2.75, 3.05) is 13.2 Å². The Hall–Kier alpha value is -3.15. The van der Waals surface area contributed by atoms with Crippen LogP contribution in [0.1, 0.15) is 271 Å². The lowest BCUT2D eigenvalue weighted by atomic mass is 10.0. The van der Waals surface area contributed by atoms with Crippen molar-refractivity contribution in [2.24, 2.45) is 0 Å². The number of allylic oxidation sites excluding steroid dienone is 12. The zero-order chi connectivity index (χ0) is 47.9. The van der Waals surface area contributed by atoms with Gasteiger partial charge in [0.05, 0.1) is 0 Å². The first-order chi connectivity index (χ1) is 32.5. The molecular formula is C60H104O6. The lowest BCUT2D eigenvalue weighted by molar-refractivity contribution is -0.166. The van der Waals surface area contributed by atoms with E-state index in [2.05, 4.69) is 87.6 Å². The SMILES string of the molecule is CC/C=C\C/C=C\C/C=C\C/C=C\C/C=C\C/C=C\CCC(=O)OCC(COC(=O)CCCCCCCCCCCC)OC(=O)CCCCCCCCCCCCCCCCCCCCC. The Balaban J connectivity index is 4.40. The first kappa shape index (κ1) is 62.8. The molecule has 0 fully saturated rings. The molecule has 0 aromatic carbocycles. The van der Waals surface area contributed by atoms with Gasteiger partial charge in [0.25, 0.3) is 0 Å². The molecule has 0 spiro atoms. The minimum atomic E-state index is -0.802. The molecule has 0 heterocycles. The van der Waals surface area contributed by atoms with E-state index in [0.717, 1.165) is 77.0 Å². The molecule has 0 radical (unpaired) electrons. The number of rotatable bonds is 50. The summed E-state index contributed by atoms with van der Waals surface area (Å²) in [5, 5.41) is 0. The van der Waals surface area contributed by atoms with E-state index < -0.39 is 6.10 Å². The van der Waals surface area contributed by atoms with Crippen LogP contribution in [0.5, 0.6) is 0 Å². The Labute approximate surface area is 408 Å². The first-order valence-corrected chi connectivity index (χ1v) is 27.9. The van der Waals surface area contributed by atoms with Crippen molar-refractivity contribution >= 4 is 17.9 Å². The van der Waals surface area contributed by atoms with Crippen LogP contribution in [0.25, 0.3) is 0 Å². The molecule has 6 nitrogen and oxygen atoms in total. The van der Waals surface area contributed by atoms with Crippen molar-refractivity contribution in [1.82, 2.24) is 0 Å². The molecule has 0 saturated carbocycles. The van der Waals surface area contributed by atoms with Crippen LogP contribution in [-0.2, 0) is 28.6 Å². The van der Waals surface area contributed by atoms with E-state index in [4.69, 9.17) is 14.2 Å². The third kappa shape index (κ3) is 51.8. The van der Waals surface area contributed by atoms with Crippen molar-refractivity contribution in [3.8, 4) is 0 Å². The number of unbranched alkanes of at least 4 members (excludes halogenated alkanes) is 27. The minimum Gasteiger partial charge on any atom is -0.462 e. The van der Waals surface area contributed by atoms with Gasteiger partial charge in [-0.3, -0.25) is 14.4 Å². The van der Waals surface area contributed by atoms with E-state index in [1.54, 1.807) is 0 Å². The van der Waals surface area contributed by atoms with Crippen LogP contribution in [0.3, 0.4) is 0 Å². The molecule has 1 unspecified atom stereocenters. The summed E-state index contributed by atoms with van der Waals surface area (Å²) >= 11 is 0. The average molecular weight is 921 g/mol. The number of carbonyl (C=O) groups is 3. The topological polar surface area (TPSA) is 78.9 Å². The lowest BCUT2D eigenvalue weighted by Gasteiger charge is -2.18. The van der Waals surface area contributed by atoms with Gasteiger partial charge < -0.3 is 14.2 Å². The Morgan fingerprint density at radius 1 is 0.318 bits per heavy atom. The summed E-state index contributed by atoms with van der Waals surface area (Å²) in [6.45, 7) is 6.47. The molecule has 1 atom stereocenters. The molecule has 0 aromatic heterocycles. The van der Waals surface area contributed by atoms with E-state index in [1.807, 2.05) is 6.08 Å². The Morgan fingerprint density at radius 3 is 0.924 bits per heavy atom. The second-order valence-corrected chi connectivity index (χ2v) is 18.5. The smallest absolute Gasteiger partial charge is 0.306 e. The van der Waals surface area contributed by atoms with Crippen LogP contribution in [-0.4, -0.2) is 37.2 Å². The van der Waals surface area contributed by atoms with E-state index >= 15 is 0 Å². The van der Waals surface area contributed by atoms with Crippen molar-refractivity contribution in [2.45, 2.75) is 277 Å². The predicted octanol–water partition coefficient (Wildman–Crippen LogP) is 18.6. The zero-order valence-electron chi connectivity index (χ0n) is 43.4. The monoisotopic (exact) mass is 921 g/mol. The summed E-state index contributed by atoms with van der Waals surface area (Å²) in [5.74, 6) is -0.976. The highest BCUT2D eigenvalue weighted by atomic mass is 16.6. The minimum absolute atomic E-state index is 0.0953. The predicted molar refractivity (Wildman–Crippen MR) is 284 cm³/mol. The molecule has 0 bridgehead atoms. The molecular weight excluding hydrogens is 817 g/mol. The number of esters is 3. The third-order valence-corrected chi connectivity index (χ3v) is 12.0. The molecule has 380 valence electrons. The highest BCUT2D eigenvalue weighted by Gasteiger charge is 2.19. The van der Waals surface area contributed by atoms with Crippen LogP contribution in [0.4, 0.5) is 0 Å². The molecule has 0 aliphatic carbocycles. The molecule has 0 N–H and O–H groups in total. The van der Waals surface area contributed by atoms with Gasteiger partial charge in [0.15, 0.2) is 6.10 Å². The van der Waals surface area contributed by atoms with Gasteiger partial charge in [-0.25, -0.2) is 0 Å². The Kier molecular flexibility index (Phi) is 51.9. The van der Waals surface area contributed by atoms with Gasteiger partial charge in [-0.2, -0.15) is 0 Å². The van der Waals surface area contributed by atoms with Crippen LogP contribution in [0.15, 0.2) is 72.9 Å². The molecule has 6 heteroatoms. The number of ether oxygens (including phenoxy) is 3. The molecule has 66 heavy (non-hydrogen) atoms. The molecule has 0 saturated heterocycles. The van der Waals surface area contributed by atoms with Crippen molar-refractivity contribution in [3.05, 3.63) is 72.9 Å². The lowest BCUT2D eigenvalue weighted by Crippen LogP contribution is -2.30. The summed E-state index contributed by atoms with van der Waals surface area (Å²) < 4.78 is 16.8. The van der Waals surface area contributed by atoms with E-state index in [1.165, 1.54) is 148 Å². The summed E-state index contributed by atoms with van der Waals surface area (Å²) in [6, 6.07) is 0. The van der Waals surface area contributed by atoms with E-state index in [-0.39, 0.29) is 37.5 Å². The number of hydrogen-bond acceptors (Lipinski definition) is 6. The second kappa shape index (κ2) is 54.5. The highest BCUT2D eigenvalue weighted by Crippen LogP contribution is 2.16. The maximum absolute atomic E-state index is 12.8. The average Bonchev–Trinajstić information content (AvgIpc) is 3.31. The van der Waals surface area contributed by atoms with E-state index in [9.17, 15) is 14.4 Å². The normalized spacial score (nSPS) is 12.6. The summed E-state index contributed by atoms with van der Waals surface area (Å²) in [4.78, 5) is 38.0.